The monoisotopic (exact) mass is 804 g/mol. The SMILES string of the molecule is CCCCCCCCCCCCc1ccc(C(C)C)c(CCCCCCCCCCCC)c1CCCCCCCCCCCC.O=S(=O)(O)O.[O]=[Ti][OH]. The number of rotatable bonds is 34. The zero-order valence-electron chi connectivity index (χ0n) is 35.5. The third-order valence-electron chi connectivity index (χ3n) is 10.5. The summed E-state index contributed by atoms with van der Waals surface area (Å²) in [4.78, 5) is 0. The van der Waals surface area contributed by atoms with Gasteiger partial charge in [-0.3, -0.25) is 9.11 Å². The zero-order valence-corrected chi connectivity index (χ0v) is 37.9. The van der Waals surface area contributed by atoms with E-state index in [1.54, 1.807) is 22.3 Å². The predicted octanol–water partition coefficient (Wildman–Crippen LogP) is 14.9. The minimum absolute atomic E-state index is 0.640. The van der Waals surface area contributed by atoms with Gasteiger partial charge in [-0.1, -0.05) is 220 Å². The van der Waals surface area contributed by atoms with E-state index in [4.69, 9.17) is 24.5 Å². The van der Waals surface area contributed by atoms with Gasteiger partial charge in [0, 0.05) is 0 Å². The van der Waals surface area contributed by atoms with Crippen molar-refractivity contribution in [3.63, 3.8) is 0 Å². The van der Waals surface area contributed by atoms with Crippen molar-refractivity contribution < 1.29 is 44.0 Å². The molecule has 6 nitrogen and oxygen atoms in total. The standard InChI is InChI=1S/C45H84.H2O4S.H2O.O.Ti/c1-6-9-12-15-18-21-24-27-30-33-36-42-39-40-43(41(4)5)45(38-35-32-29-26-23-20-17-14-11-8-3)44(42)37-34-31-28-25-22-19-16-13-10-7-2;1-5(2,3)4;;;/h39-41H,6-38H2,1-5H3;(H2,1,2,3,4);1H2;;/q;;;;+1/p-1. The molecule has 1 aromatic rings. The molecule has 3 N–H and O–H groups in total. The van der Waals surface area contributed by atoms with Gasteiger partial charge >= 0.3 is 36.9 Å². The molecule has 0 radical (unpaired) electrons. The first-order valence-corrected chi connectivity index (χ1v) is 25.1. The van der Waals surface area contributed by atoms with E-state index in [1.165, 1.54) is 212 Å². The van der Waals surface area contributed by atoms with Gasteiger partial charge in [0.1, 0.15) is 0 Å². The van der Waals surface area contributed by atoms with Crippen LogP contribution in [0.15, 0.2) is 12.1 Å². The van der Waals surface area contributed by atoms with Crippen LogP contribution in [0.25, 0.3) is 0 Å². The molecule has 1 rings (SSSR count). The van der Waals surface area contributed by atoms with Crippen LogP contribution in [0, 0.1) is 0 Å². The zero-order chi connectivity index (χ0) is 39.8. The van der Waals surface area contributed by atoms with Gasteiger partial charge in [-0.2, -0.15) is 8.42 Å². The fraction of sp³-hybridized carbons (Fsp3) is 0.867. The quantitative estimate of drug-likeness (QED) is 0.0363. The Hall–Kier alpha value is -0.436. The molecule has 0 atom stereocenters. The van der Waals surface area contributed by atoms with Crippen LogP contribution in [0.3, 0.4) is 0 Å². The maximum atomic E-state index is 8.74. The Morgan fingerprint density at radius 1 is 0.472 bits per heavy atom. The molecule has 0 aliphatic rings. The van der Waals surface area contributed by atoms with Gasteiger partial charge in [0.05, 0.1) is 0 Å². The van der Waals surface area contributed by atoms with Gasteiger partial charge in [0.2, 0.25) is 0 Å². The molecule has 0 aliphatic heterocycles. The van der Waals surface area contributed by atoms with Crippen molar-refractivity contribution in [1.82, 2.24) is 0 Å². The molecule has 0 spiro atoms. The second kappa shape index (κ2) is 41.2. The first-order valence-electron chi connectivity index (χ1n) is 22.4. The second-order valence-corrected chi connectivity index (χ2v) is 16.9. The molecule has 0 saturated heterocycles. The normalized spacial score (nSPS) is 11.2. The van der Waals surface area contributed by atoms with Crippen molar-refractivity contribution in [2.75, 3.05) is 0 Å². The van der Waals surface area contributed by atoms with Gasteiger partial charge in [0.25, 0.3) is 0 Å². The molecular weight excluding hydrogens is 716 g/mol. The Kier molecular flexibility index (Phi) is 42.5. The summed E-state index contributed by atoms with van der Waals surface area (Å²) in [5.74, 6) is 0.640. The summed E-state index contributed by atoms with van der Waals surface area (Å²) < 4.78 is 47.3. The van der Waals surface area contributed by atoms with Gasteiger partial charge < -0.3 is 0 Å². The predicted molar refractivity (Wildman–Crippen MR) is 224 cm³/mol. The molecular formula is C45H87O6STi. The molecule has 53 heavy (non-hydrogen) atoms. The van der Waals surface area contributed by atoms with E-state index in [2.05, 4.69) is 46.8 Å². The summed E-state index contributed by atoms with van der Waals surface area (Å²) in [6.45, 7) is 11.8. The van der Waals surface area contributed by atoms with Crippen LogP contribution in [0.5, 0.6) is 0 Å². The van der Waals surface area contributed by atoms with Crippen LogP contribution in [0.1, 0.15) is 255 Å². The molecule has 1 aromatic carbocycles. The Bertz CT molecular complexity index is 1020. The molecule has 0 aromatic heterocycles. The molecule has 8 heteroatoms. The van der Waals surface area contributed by atoms with Crippen molar-refractivity contribution >= 4 is 10.4 Å². The third kappa shape index (κ3) is 39.6. The van der Waals surface area contributed by atoms with Gasteiger partial charge in [0.15, 0.2) is 0 Å². The van der Waals surface area contributed by atoms with E-state index in [0.29, 0.717) is 5.92 Å². The molecule has 0 bridgehead atoms. The molecule has 0 unspecified atom stereocenters. The van der Waals surface area contributed by atoms with Crippen molar-refractivity contribution in [3.05, 3.63) is 34.4 Å². The molecule has 313 valence electrons. The van der Waals surface area contributed by atoms with Crippen LogP contribution < -0.4 is 0 Å². The van der Waals surface area contributed by atoms with E-state index >= 15 is 0 Å². The van der Waals surface area contributed by atoms with Crippen molar-refractivity contribution in [2.24, 2.45) is 0 Å². The van der Waals surface area contributed by atoms with E-state index < -0.39 is 29.9 Å². The summed E-state index contributed by atoms with van der Waals surface area (Å²) in [7, 11) is -4.67. The Morgan fingerprint density at radius 3 is 1.00 bits per heavy atom. The summed E-state index contributed by atoms with van der Waals surface area (Å²) >= 11 is -1.75. The number of hydrogen-bond donors (Lipinski definition) is 3. The van der Waals surface area contributed by atoms with E-state index in [9.17, 15) is 0 Å². The van der Waals surface area contributed by atoms with E-state index in [-0.39, 0.29) is 0 Å². The van der Waals surface area contributed by atoms with Crippen LogP contribution >= 0.6 is 0 Å². The van der Waals surface area contributed by atoms with Crippen molar-refractivity contribution in [2.45, 2.75) is 252 Å². The summed E-state index contributed by atoms with van der Waals surface area (Å²) in [5, 5.41) is 0. The third-order valence-corrected chi connectivity index (χ3v) is 10.5. The first-order chi connectivity index (χ1) is 25.6. The summed E-state index contributed by atoms with van der Waals surface area (Å²) in [5.41, 5.74) is 6.97. The van der Waals surface area contributed by atoms with Crippen LogP contribution in [0.4, 0.5) is 0 Å². The topological polar surface area (TPSA) is 112 Å². The van der Waals surface area contributed by atoms with Gasteiger partial charge in [-0.05, 0) is 66.7 Å². The average Bonchev–Trinajstić information content (AvgIpc) is 3.10. The van der Waals surface area contributed by atoms with Gasteiger partial charge in [-0.25, -0.2) is 0 Å². The maximum absolute atomic E-state index is 8.74. The number of unbranched alkanes of at least 4 members (excludes halogenated alkanes) is 27. The number of benzene rings is 1. The van der Waals surface area contributed by atoms with Gasteiger partial charge in [-0.15, -0.1) is 0 Å². The van der Waals surface area contributed by atoms with Crippen LogP contribution in [-0.4, -0.2) is 21.2 Å². The van der Waals surface area contributed by atoms with Crippen LogP contribution in [-0.2, 0) is 52.5 Å². The molecule has 0 aliphatic carbocycles. The summed E-state index contributed by atoms with van der Waals surface area (Å²) in [6.07, 6.45) is 47.0. The minimum atomic E-state index is -4.67. The fourth-order valence-corrected chi connectivity index (χ4v) is 7.52. The number of hydrogen-bond acceptors (Lipinski definition) is 3. The molecule has 0 fully saturated rings. The Morgan fingerprint density at radius 2 is 0.717 bits per heavy atom. The first kappa shape index (κ1) is 54.7. The van der Waals surface area contributed by atoms with Crippen molar-refractivity contribution in [3.8, 4) is 0 Å². The van der Waals surface area contributed by atoms with E-state index in [0.717, 1.165) is 0 Å². The number of aryl methyl sites for hydroxylation is 1. The fourth-order valence-electron chi connectivity index (χ4n) is 7.52. The second-order valence-electron chi connectivity index (χ2n) is 15.8. The Balaban J connectivity index is 0. The molecule has 0 amide bonds. The average molecular weight is 804 g/mol. The summed E-state index contributed by atoms with van der Waals surface area (Å²) in [6, 6.07) is 5.11. The Labute approximate surface area is 339 Å². The van der Waals surface area contributed by atoms with Crippen molar-refractivity contribution in [1.29, 1.82) is 0 Å². The molecule has 0 heterocycles. The molecule has 0 saturated carbocycles. The van der Waals surface area contributed by atoms with Crippen LogP contribution in [0.2, 0.25) is 0 Å². The van der Waals surface area contributed by atoms with E-state index in [1.807, 2.05) is 0 Å².